The summed E-state index contributed by atoms with van der Waals surface area (Å²) >= 11 is 0. The normalized spacial score (nSPS) is 15.4. The molecule has 1 rings (SSSR count). The standard InChI is InChI=1S/C9H20N4.HI/c1-4-5-7-13(3)11-9-10-6-8-12(9)2;/h4-8H2,1-3H3,(H,10,11);1H. The molecule has 0 radical (unpaired) electrons. The number of likely N-dealkylation sites (N-methyl/N-ethyl adjacent to an activating group) is 1. The van der Waals surface area contributed by atoms with Crippen molar-refractivity contribution in [2.24, 2.45) is 4.99 Å². The Balaban J connectivity index is 0.00000169. The number of aliphatic imine (C=N–C) groups is 1. The third-order valence-electron chi connectivity index (χ3n) is 2.20. The number of nitrogens with zero attached hydrogens (tertiary/aromatic N) is 3. The highest BCUT2D eigenvalue weighted by atomic mass is 127. The summed E-state index contributed by atoms with van der Waals surface area (Å²) in [6, 6.07) is 0. The van der Waals surface area contributed by atoms with Gasteiger partial charge in [0.15, 0.2) is 0 Å². The predicted molar refractivity (Wildman–Crippen MR) is 71.0 cm³/mol. The molecule has 0 bridgehead atoms. The number of rotatable bonds is 4. The summed E-state index contributed by atoms with van der Waals surface area (Å²) in [6.07, 6.45) is 2.45. The maximum absolute atomic E-state index is 4.35. The number of hydrogen-bond acceptors (Lipinski definition) is 4. The highest BCUT2D eigenvalue weighted by molar-refractivity contribution is 14.0. The van der Waals surface area contributed by atoms with Crippen LogP contribution in [0.4, 0.5) is 0 Å². The molecule has 1 heterocycles. The summed E-state index contributed by atoms with van der Waals surface area (Å²) < 4.78 is 0. The number of unbranched alkanes of at least 4 members (excludes halogenated alkanes) is 1. The van der Waals surface area contributed by atoms with E-state index in [1.54, 1.807) is 0 Å². The van der Waals surface area contributed by atoms with Crippen LogP contribution in [0, 0.1) is 0 Å². The van der Waals surface area contributed by atoms with E-state index < -0.39 is 0 Å². The maximum Gasteiger partial charge on any atom is 0.208 e. The number of nitrogens with one attached hydrogen (secondary N) is 1. The van der Waals surface area contributed by atoms with Crippen LogP contribution in [0.5, 0.6) is 0 Å². The van der Waals surface area contributed by atoms with E-state index >= 15 is 0 Å². The smallest absolute Gasteiger partial charge is 0.208 e. The molecule has 0 aromatic heterocycles. The maximum atomic E-state index is 4.35. The molecule has 14 heavy (non-hydrogen) atoms. The van der Waals surface area contributed by atoms with Gasteiger partial charge in [-0.1, -0.05) is 13.3 Å². The van der Waals surface area contributed by atoms with Gasteiger partial charge in [0, 0.05) is 27.2 Å². The molecule has 0 aliphatic carbocycles. The summed E-state index contributed by atoms with van der Waals surface area (Å²) in [7, 11) is 4.12. The first-order valence-electron chi connectivity index (χ1n) is 4.97. The molecule has 0 unspecified atom stereocenters. The van der Waals surface area contributed by atoms with E-state index in [-0.39, 0.29) is 24.0 Å². The topological polar surface area (TPSA) is 30.9 Å². The second-order valence-electron chi connectivity index (χ2n) is 3.51. The van der Waals surface area contributed by atoms with Crippen LogP contribution in [0.1, 0.15) is 19.8 Å². The van der Waals surface area contributed by atoms with E-state index in [9.17, 15) is 0 Å². The molecule has 1 aliphatic rings. The first-order valence-corrected chi connectivity index (χ1v) is 4.97. The van der Waals surface area contributed by atoms with Crippen molar-refractivity contribution in [3.8, 4) is 0 Å². The van der Waals surface area contributed by atoms with Crippen molar-refractivity contribution < 1.29 is 0 Å². The quantitative estimate of drug-likeness (QED) is 0.624. The van der Waals surface area contributed by atoms with Crippen molar-refractivity contribution in [1.82, 2.24) is 15.3 Å². The molecule has 4 nitrogen and oxygen atoms in total. The molecule has 5 heteroatoms. The molecule has 0 atom stereocenters. The number of halogens is 1. The average Bonchev–Trinajstić information content (AvgIpc) is 2.48. The largest absolute Gasteiger partial charge is 0.343 e. The fraction of sp³-hybridized carbons (Fsp3) is 0.889. The third-order valence-corrected chi connectivity index (χ3v) is 2.20. The lowest BCUT2D eigenvalue weighted by molar-refractivity contribution is 0.274. The summed E-state index contributed by atoms with van der Waals surface area (Å²) in [5.74, 6) is 0.999. The third kappa shape index (κ3) is 4.45. The van der Waals surface area contributed by atoms with Crippen molar-refractivity contribution in [3.05, 3.63) is 0 Å². The van der Waals surface area contributed by atoms with E-state index in [1.807, 2.05) is 0 Å². The van der Waals surface area contributed by atoms with E-state index in [4.69, 9.17) is 0 Å². The Morgan fingerprint density at radius 1 is 1.57 bits per heavy atom. The summed E-state index contributed by atoms with van der Waals surface area (Å²) in [4.78, 5) is 6.50. The lowest BCUT2D eigenvalue weighted by atomic mass is 10.3. The van der Waals surface area contributed by atoms with Gasteiger partial charge >= 0.3 is 0 Å². The van der Waals surface area contributed by atoms with Gasteiger partial charge < -0.3 is 4.90 Å². The Morgan fingerprint density at radius 2 is 2.29 bits per heavy atom. The van der Waals surface area contributed by atoms with Gasteiger partial charge in [0.25, 0.3) is 0 Å². The van der Waals surface area contributed by atoms with Crippen LogP contribution in [0.15, 0.2) is 4.99 Å². The van der Waals surface area contributed by atoms with Crippen LogP contribution in [0.25, 0.3) is 0 Å². The average molecular weight is 312 g/mol. The van der Waals surface area contributed by atoms with Crippen molar-refractivity contribution in [2.45, 2.75) is 19.8 Å². The SMILES string of the molecule is CCCCN(C)NC1=NCCN1C.I. The summed E-state index contributed by atoms with van der Waals surface area (Å²) in [5.41, 5.74) is 3.27. The molecule has 0 saturated carbocycles. The van der Waals surface area contributed by atoms with Gasteiger partial charge in [0.1, 0.15) is 0 Å². The molecule has 0 spiro atoms. The summed E-state index contributed by atoms with van der Waals surface area (Å²) in [6.45, 7) is 5.22. The van der Waals surface area contributed by atoms with E-state index in [1.165, 1.54) is 12.8 Å². The second-order valence-corrected chi connectivity index (χ2v) is 3.51. The van der Waals surface area contributed by atoms with Gasteiger partial charge in [-0.15, -0.1) is 24.0 Å². The molecule has 84 valence electrons. The van der Waals surface area contributed by atoms with E-state index in [2.05, 4.69) is 41.3 Å². The molecule has 0 aromatic rings. The first kappa shape index (κ1) is 14.0. The Kier molecular flexibility index (Phi) is 7.26. The zero-order chi connectivity index (χ0) is 9.68. The van der Waals surface area contributed by atoms with Crippen molar-refractivity contribution in [3.63, 3.8) is 0 Å². The van der Waals surface area contributed by atoms with Crippen LogP contribution < -0.4 is 5.43 Å². The minimum Gasteiger partial charge on any atom is -0.343 e. The zero-order valence-corrected chi connectivity index (χ0v) is 11.6. The van der Waals surface area contributed by atoms with Crippen LogP contribution in [0.3, 0.4) is 0 Å². The molecule has 0 fully saturated rings. The Morgan fingerprint density at radius 3 is 2.79 bits per heavy atom. The molecule has 0 saturated heterocycles. The minimum absolute atomic E-state index is 0. The van der Waals surface area contributed by atoms with Crippen LogP contribution >= 0.6 is 24.0 Å². The Bertz CT molecular complexity index is 184. The lowest BCUT2D eigenvalue weighted by Gasteiger charge is -2.22. The fourth-order valence-corrected chi connectivity index (χ4v) is 1.28. The first-order chi connectivity index (χ1) is 6.24. The van der Waals surface area contributed by atoms with Crippen molar-refractivity contribution in [1.29, 1.82) is 0 Å². The lowest BCUT2D eigenvalue weighted by Crippen LogP contribution is -2.45. The monoisotopic (exact) mass is 312 g/mol. The number of guanidine groups is 1. The molecule has 0 amide bonds. The Hall–Kier alpha value is -0.0400. The highest BCUT2D eigenvalue weighted by Gasteiger charge is 2.12. The van der Waals surface area contributed by atoms with Crippen LogP contribution in [-0.2, 0) is 0 Å². The van der Waals surface area contributed by atoms with Crippen LogP contribution in [0.2, 0.25) is 0 Å². The predicted octanol–water partition coefficient (Wildman–Crippen LogP) is 1.14. The zero-order valence-electron chi connectivity index (χ0n) is 9.29. The van der Waals surface area contributed by atoms with Crippen molar-refractivity contribution >= 4 is 29.9 Å². The molecule has 1 aliphatic heterocycles. The minimum atomic E-state index is 0. The van der Waals surface area contributed by atoms with Gasteiger partial charge in [0.2, 0.25) is 5.96 Å². The van der Waals surface area contributed by atoms with Gasteiger partial charge in [-0.3, -0.25) is 10.4 Å². The number of hydrazine groups is 1. The second kappa shape index (κ2) is 7.28. The molecular formula is C9H21IN4. The van der Waals surface area contributed by atoms with Gasteiger partial charge in [-0.2, -0.15) is 0 Å². The van der Waals surface area contributed by atoms with Gasteiger partial charge in [-0.25, -0.2) is 5.01 Å². The molecular weight excluding hydrogens is 291 g/mol. The van der Waals surface area contributed by atoms with E-state index in [0.717, 1.165) is 25.6 Å². The van der Waals surface area contributed by atoms with Crippen LogP contribution in [-0.4, -0.2) is 49.6 Å². The fourth-order valence-electron chi connectivity index (χ4n) is 1.28. The van der Waals surface area contributed by atoms with E-state index in [0.29, 0.717) is 0 Å². The van der Waals surface area contributed by atoms with Gasteiger partial charge in [0.05, 0.1) is 6.54 Å². The Labute approximate surface area is 104 Å². The summed E-state index contributed by atoms with van der Waals surface area (Å²) in [5, 5.41) is 2.10. The highest BCUT2D eigenvalue weighted by Crippen LogP contribution is 1.96. The molecule has 0 aromatic carbocycles. The van der Waals surface area contributed by atoms with Crippen molar-refractivity contribution in [2.75, 3.05) is 33.7 Å². The molecule has 1 N–H and O–H groups in total. The van der Waals surface area contributed by atoms with Gasteiger partial charge in [-0.05, 0) is 6.42 Å². The number of hydrogen-bond donors (Lipinski definition) is 1.